The summed E-state index contributed by atoms with van der Waals surface area (Å²) in [5, 5.41) is 28.6. The average molecular weight is 409 g/mol. The Morgan fingerprint density at radius 1 is 1.25 bits per heavy atom. The molecule has 1 aliphatic heterocycles. The molecule has 1 aromatic rings. The van der Waals surface area contributed by atoms with E-state index >= 15 is 0 Å². The van der Waals surface area contributed by atoms with E-state index < -0.39 is 17.1 Å². The van der Waals surface area contributed by atoms with Gasteiger partial charge in [0.2, 0.25) is 5.75 Å². The van der Waals surface area contributed by atoms with Gasteiger partial charge in [-0.1, -0.05) is 12.2 Å². The van der Waals surface area contributed by atoms with Gasteiger partial charge in [0, 0.05) is 29.7 Å². The number of piperidine rings is 1. The summed E-state index contributed by atoms with van der Waals surface area (Å²) < 4.78 is 5.40. The molecule has 1 aliphatic rings. The minimum absolute atomic E-state index is 0.268. The number of nitrogens with zero attached hydrogens (tertiary/aromatic N) is 2. The number of amides is 1. The van der Waals surface area contributed by atoms with Crippen LogP contribution in [0.3, 0.4) is 0 Å². The number of ether oxygens (including phenoxy) is 1. The summed E-state index contributed by atoms with van der Waals surface area (Å²) in [6.07, 6.45) is 3.65. The predicted molar refractivity (Wildman–Crippen MR) is 112 cm³/mol. The van der Waals surface area contributed by atoms with Crippen LogP contribution in [0.5, 0.6) is 17.2 Å². The van der Waals surface area contributed by atoms with E-state index in [0.717, 1.165) is 24.1 Å². The van der Waals surface area contributed by atoms with Gasteiger partial charge in [-0.3, -0.25) is 4.99 Å². The van der Waals surface area contributed by atoms with Crippen LogP contribution < -0.4 is 0 Å². The van der Waals surface area contributed by atoms with E-state index in [-0.39, 0.29) is 11.8 Å². The molecule has 0 spiro atoms. The van der Waals surface area contributed by atoms with Crippen molar-refractivity contribution in [3.8, 4) is 17.2 Å². The minimum Gasteiger partial charge on any atom is -0.504 e. The highest BCUT2D eigenvalue weighted by molar-refractivity contribution is 7.80. The maximum atomic E-state index is 12.1. The quantitative estimate of drug-likeness (QED) is 0.391. The maximum Gasteiger partial charge on any atom is 0.410 e. The molecule has 8 heteroatoms. The number of benzene rings is 1. The van der Waals surface area contributed by atoms with Gasteiger partial charge < -0.3 is 25.0 Å². The van der Waals surface area contributed by atoms with Crippen molar-refractivity contribution in [3.05, 3.63) is 17.7 Å². The zero-order valence-electron chi connectivity index (χ0n) is 16.5. The molecule has 154 valence electrons. The van der Waals surface area contributed by atoms with Crippen LogP contribution in [-0.2, 0) is 4.74 Å². The molecule has 28 heavy (non-hydrogen) atoms. The number of rotatable bonds is 5. The molecular formula is C20H28N2O5S. The van der Waals surface area contributed by atoms with Crippen LogP contribution in [0.4, 0.5) is 4.79 Å². The Morgan fingerprint density at radius 2 is 1.89 bits per heavy atom. The summed E-state index contributed by atoms with van der Waals surface area (Å²) in [7, 11) is 0. The molecule has 3 N–H and O–H groups in total. The Balaban J connectivity index is 1.77. The van der Waals surface area contributed by atoms with Crippen LogP contribution in [-0.4, -0.2) is 62.6 Å². The van der Waals surface area contributed by atoms with Crippen molar-refractivity contribution in [1.82, 2.24) is 4.90 Å². The molecule has 1 aromatic carbocycles. The van der Waals surface area contributed by atoms with Gasteiger partial charge in [0.1, 0.15) is 5.60 Å². The third-order valence-corrected chi connectivity index (χ3v) is 4.74. The van der Waals surface area contributed by atoms with Crippen molar-refractivity contribution in [1.29, 1.82) is 0 Å². The molecule has 0 saturated carbocycles. The standard InChI is InChI=1S/C20H28N2O5S/c1-20(2,3)27-19(26)22-8-6-13(7-9-22)10-15(28)12-21-11-14-4-5-16(23)18(25)17(14)24/h4-5,11,13,23-25H,6-10,12H2,1-3H3. The lowest BCUT2D eigenvalue weighted by molar-refractivity contribution is 0.0186. The normalized spacial score (nSPS) is 15.8. The Kier molecular flexibility index (Phi) is 7.23. The first kappa shape index (κ1) is 21.9. The number of carbonyl (C=O) groups excluding carboxylic acids is 1. The summed E-state index contributed by atoms with van der Waals surface area (Å²) in [5.41, 5.74) is -0.181. The molecule has 0 aromatic heterocycles. The zero-order valence-corrected chi connectivity index (χ0v) is 17.3. The Bertz CT molecular complexity index is 750. The maximum absolute atomic E-state index is 12.1. The molecule has 1 saturated heterocycles. The molecule has 1 fully saturated rings. The molecule has 2 rings (SSSR count). The van der Waals surface area contributed by atoms with Crippen LogP contribution in [0.15, 0.2) is 17.1 Å². The van der Waals surface area contributed by atoms with E-state index in [1.54, 1.807) is 4.90 Å². The fourth-order valence-corrected chi connectivity index (χ4v) is 3.28. The van der Waals surface area contributed by atoms with Crippen molar-refractivity contribution >= 4 is 29.4 Å². The first-order valence-corrected chi connectivity index (χ1v) is 9.71. The Labute approximate surface area is 170 Å². The van der Waals surface area contributed by atoms with Gasteiger partial charge in [0.25, 0.3) is 0 Å². The third-order valence-electron chi connectivity index (χ3n) is 4.44. The predicted octanol–water partition coefficient (Wildman–Crippen LogP) is 3.63. The van der Waals surface area contributed by atoms with Crippen molar-refractivity contribution in [2.75, 3.05) is 19.6 Å². The third kappa shape index (κ3) is 6.37. The monoisotopic (exact) mass is 408 g/mol. The highest BCUT2D eigenvalue weighted by Gasteiger charge is 2.27. The van der Waals surface area contributed by atoms with E-state index in [0.29, 0.717) is 31.1 Å². The Morgan fingerprint density at radius 3 is 2.50 bits per heavy atom. The summed E-state index contributed by atoms with van der Waals surface area (Å²) in [6.45, 7) is 7.22. The van der Waals surface area contributed by atoms with Crippen molar-refractivity contribution in [2.24, 2.45) is 10.9 Å². The van der Waals surface area contributed by atoms with E-state index in [4.69, 9.17) is 17.0 Å². The van der Waals surface area contributed by atoms with Crippen LogP contribution in [0.25, 0.3) is 0 Å². The molecule has 0 radical (unpaired) electrons. The second-order valence-corrected chi connectivity index (χ2v) is 8.57. The van der Waals surface area contributed by atoms with Gasteiger partial charge in [-0.15, -0.1) is 0 Å². The van der Waals surface area contributed by atoms with E-state index in [1.165, 1.54) is 18.3 Å². The van der Waals surface area contributed by atoms with Crippen molar-refractivity contribution in [3.63, 3.8) is 0 Å². The summed E-state index contributed by atoms with van der Waals surface area (Å²) in [4.78, 5) is 18.9. The lowest BCUT2D eigenvalue weighted by Crippen LogP contribution is -2.42. The SMILES string of the molecule is CC(C)(C)OC(=O)N1CCC(CC(=S)CN=Cc2ccc(O)c(O)c2O)CC1. The first-order chi connectivity index (χ1) is 13.1. The molecular weight excluding hydrogens is 380 g/mol. The number of aromatic hydroxyl groups is 3. The number of carbonyl (C=O) groups is 1. The summed E-state index contributed by atoms with van der Waals surface area (Å²) in [5.74, 6) is -0.956. The fourth-order valence-electron chi connectivity index (χ4n) is 2.97. The van der Waals surface area contributed by atoms with Crippen LogP contribution >= 0.6 is 12.2 Å². The summed E-state index contributed by atoms with van der Waals surface area (Å²) in [6, 6.07) is 2.75. The zero-order chi connectivity index (χ0) is 20.9. The largest absolute Gasteiger partial charge is 0.504 e. The number of hydrogen-bond donors (Lipinski definition) is 3. The van der Waals surface area contributed by atoms with Crippen LogP contribution in [0.2, 0.25) is 0 Å². The second kappa shape index (κ2) is 9.23. The van der Waals surface area contributed by atoms with E-state index in [2.05, 4.69) is 4.99 Å². The molecule has 1 amide bonds. The van der Waals surface area contributed by atoms with Gasteiger partial charge in [0.05, 0.1) is 6.54 Å². The molecule has 0 unspecified atom stereocenters. The lowest BCUT2D eigenvalue weighted by atomic mass is 9.92. The topological polar surface area (TPSA) is 103 Å². The number of hydrogen-bond acceptors (Lipinski definition) is 7. The summed E-state index contributed by atoms with van der Waals surface area (Å²) >= 11 is 5.41. The van der Waals surface area contributed by atoms with E-state index in [1.807, 2.05) is 20.8 Å². The fraction of sp³-hybridized carbons (Fsp3) is 0.550. The van der Waals surface area contributed by atoms with Gasteiger partial charge in [-0.05, 0) is 58.1 Å². The van der Waals surface area contributed by atoms with Gasteiger partial charge in [-0.2, -0.15) is 0 Å². The minimum atomic E-state index is -0.566. The molecule has 7 nitrogen and oxygen atoms in total. The average Bonchev–Trinajstić information content (AvgIpc) is 2.61. The number of phenolic OH excluding ortho intramolecular Hbond substituents is 3. The number of thiocarbonyl (C=S) groups is 1. The van der Waals surface area contributed by atoms with Crippen LogP contribution in [0.1, 0.15) is 45.6 Å². The van der Waals surface area contributed by atoms with Crippen molar-refractivity contribution in [2.45, 2.75) is 45.6 Å². The van der Waals surface area contributed by atoms with Gasteiger partial charge in [-0.25, -0.2) is 4.79 Å². The molecule has 0 atom stereocenters. The first-order valence-electron chi connectivity index (χ1n) is 9.30. The highest BCUT2D eigenvalue weighted by atomic mass is 32.1. The molecule has 1 heterocycles. The van der Waals surface area contributed by atoms with Gasteiger partial charge in [0.15, 0.2) is 11.5 Å². The lowest BCUT2D eigenvalue weighted by Gasteiger charge is -2.33. The molecule has 0 aliphatic carbocycles. The molecule has 0 bridgehead atoms. The Hall–Kier alpha value is -2.35. The number of aliphatic imine (C=N–C) groups is 1. The van der Waals surface area contributed by atoms with Crippen LogP contribution in [0, 0.1) is 5.92 Å². The van der Waals surface area contributed by atoms with E-state index in [9.17, 15) is 20.1 Å². The number of phenols is 3. The van der Waals surface area contributed by atoms with Gasteiger partial charge >= 0.3 is 6.09 Å². The highest BCUT2D eigenvalue weighted by Crippen LogP contribution is 2.36. The second-order valence-electron chi connectivity index (χ2n) is 7.99. The smallest absolute Gasteiger partial charge is 0.410 e. The number of likely N-dealkylation sites (tertiary alicyclic amines) is 1. The van der Waals surface area contributed by atoms with Crippen molar-refractivity contribution < 1.29 is 24.9 Å².